The van der Waals surface area contributed by atoms with Gasteiger partial charge in [-0.1, -0.05) is 26.0 Å². The zero-order chi connectivity index (χ0) is 19.9. The lowest BCUT2D eigenvalue weighted by Gasteiger charge is -2.45. The van der Waals surface area contributed by atoms with E-state index in [1.807, 2.05) is 12.1 Å². The molecule has 2 aliphatic heterocycles. The van der Waals surface area contributed by atoms with E-state index in [2.05, 4.69) is 53.3 Å². The Kier molecular flexibility index (Phi) is 5.36. The summed E-state index contributed by atoms with van der Waals surface area (Å²) in [5.74, 6) is 0.842. The van der Waals surface area contributed by atoms with Crippen molar-refractivity contribution >= 4 is 28.9 Å². The first-order chi connectivity index (χ1) is 13.4. The predicted octanol–water partition coefficient (Wildman–Crippen LogP) is 3.49. The van der Waals surface area contributed by atoms with Crippen molar-refractivity contribution < 1.29 is 4.79 Å². The van der Waals surface area contributed by atoms with E-state index in [0.29, 0.717) is 17.9 Å². The summed E-state index contributed by atoms with van der Waals surface area (Å²) < 4.78 is 0. The average molecular weight is 401 g/mol. The normalized spacial score (nSPS) is 24.3. The number of amides is 1. The van der Waals surface area contributed by atoms with E-state index in [1.165, 1.54) is 5.56 Å². The summed E-state index contributed by atoms with van der Waals surface area (Å²) in [6.07, 6.45) is 5.08. The number of aryl methyl sites for hydroxylation is 1. The average Bonchev–Trinajstić information content (AvgIpc) is 3.42. The molecule has 3 aliphatic rings. The molecule has 1 aromatic carbocycles. The number of carbonyl (C=O) groups excluding carboxylic acids is 1. The molecule has 0 aromatic heterocycles. The van der Waals surface area contributed by atoms with Crippen LogP contribution in [0.4, 0.5) is 5.69 Å². The highest BCUT2D eigenvalue weighted by atomic mass is 32.1. The van der Waals surface area contributed by atoms with Crippen molar-refractivity contribution in [2.45, 2.75) is 70.6 Å². The van der Waals surface area contributed by atoms with Crippen molar-refractivity contribution in [3.63, 3.8) is 0 Å². The van der Waals surface area contributed by atoms with E-state index in [0.717, 1.165) is 56.0 Å². The van der Waals surface area contributed by atoms with Crippen LogP contribution in [0.2, 0.25) is 0 Å². The number of hydrogen-bond acceptors (Lipinski definition) is 3. The predicted molar refractivity (Wildman–Crippen MR) is 117 cm³/mol. The summed E-state index contributed by atoms with van der Waals surface area (Å²) in [5.41, 5.74) is 2.08. The van der Waals surface area contributed by atoms with Crippen LogP contribution in [0.15, 0.2) is 24.3 Å². The fraction of sp³-hybridized carbons (Fsp3) is 0.636. The molecule has 1 amide bonds. The molecule has 2 saturated heterocycles. The van der Waals surface area contributed by atoms with Gasteiger partial charge in [-0.25, -0.2) is 0 Å². The van der Waals surface area contributed by atoms with Crippen LogP contribution < -0.4 is 10.6 Å². The summed E-state index contributed by atoms with van der Waals surface area (Å²) >= 11 is 5.67. The van der Waals surface area contributed by atoms with Crippen molar-refractivity contribution in [3.8, 4) is 0 Å². The molecule has 3 fully saturated rings. The number of rotatable bonds is 4. The maximum absolute atomic E-state index is 13.1. The van der Waals surface area contributed by atoms with Crippen LogP contribution in [0.5, 0.6) is 0 Å². The minimum Gasteiger partial charge on any atom is -0.349 e. The molecule has 6 heteroatoms. The van der Waals surface area contributed by atoms with Gasteiger partial charge in [-0.2, -0.15) is 0 Å². The first kappa shape index (κ1) is 19.6. The third-order valence-corrected chi connectivity index (χ3v) is 6.57. The first-order valence-electron chi connectivity index (χ1n) is 10.6. The number of anilines is 1. The van der Waals surface area contributed by atoms with Gasteiger partial charge in [0.15, 0.2) is 5.11 Å². The molecule has 0 radical (unpaired) electrons. The number of likely N-dealkylation sites (tertiary alicyclic amines) is 1. The Morgan fingerprint density at radius 1 is 1.32 bits per heavy atom. The molecule has 1 spiro atoms. The number of nitrogens with zero attached hydrogens (tertiary/aromatic N) is 2. The van der Waals surface area contributed by atoms with Crippen molar-refractivity contribution in [1.82, 2.24) is 15.1 Å². The Balaban J connectivity index is 1.41. The lowest BCUT2D eigenvalue weighted by molar-refractivity contribution is -0.134. The summed E-state index contributed by atoms with van der Waals surface area (Å²) in [6.45, 7) is 8.21. The van der Waals surface area contributed by atoms with Crippen molar-refractivity contribution in [1.29, 1.82) is 0 Å². The highest BCUT2D eigenvalue weighted by molar-refractivity contribution is 7.80. The fourth-order valence-corrected chi connectivity index (χ4v) is 5.02. The number of carbonyl (C=O) groups is 1. The van der Waals surface area contributed by atoms with Gasteiger partial charge in [0.05, 0.1) is 11.7 Å². The van der Waals surface area contributed by atoms with Crippen LogP contribution in [0, 0.1) is 12.8 Å². The van der Waals surface area contributed by atoms with E-state index in [-0.39, 0.29) is 11.7 Å². The molecule has 1 aromatic rings. The van der Waals surface area contributed by atoms with Crippen LogP contribution >= 0.6 is 12.2 Å². The molecule has 1 aliphatic carbocycles. The minimum absolute atomic E-state index is 0.0236. The molecule has 1 saturated carbocycles. The fourth-order valence-electron chi connectivity index (χ4n) is 4.72. The number of nitrogens with one attached hydrogen (secondary N) is 2. The summed E-state index contributed by atoms with van der Waals surface area (Å²) in [5, 5.41) is 7.92. The second-order valence-corrected chi connectivity index (χ2v) is 9.47. The van der Waals surface area contributed by atoms with E-state index < -0.39 is 0 Å². The second kappa shape index (κ2) is 7.64. The molecule has 152 valence electrons. The van der Waals surface area contributed by atoms with E-state index in [4.69, 9.17) is 12.2 Å². The van der Waals surface area contributed by atoms with Crippen LogP contribution in [0.1, 0.15) is 51.5 Å². The molecule has 2 heterocycles. The lowest BCUT2D eigenvalue weighted by Crippen LogP contribution is -2.60. The van der Waals surface area contributed by atoms with Crippen molar-refractivity contribution in [2.75, 3.05) is 18.4 Å². The Morgan fingerprint density at radius 3 is 2.64 bits per heavy atom. The monoisotopic (exact) mass is 400 g/mol. The SMILES string of the molecule is Cc1cccc(NC(=S)N2CCC3(CC2)NC(CC(C)C)C(=O)N3C2CC2)c1. The van der Waals surface area contributed by atoms with E-state index in [1.54, 1.807) is 0 Å². The van der Waals surface area contributed by atoms with Crippen LogP contribution in [-0.2, 0) is 4.79 Å². The molecule has 28 heavy (non-hydrogen) atoms. The second-order valence-electron chi connectivity index (χ2n) is 9.08. The smallest absolute Gasteiger partial charge is 0.241 e. The maximum Gasteiger partial charge on any atom is 0.241 e. The number of hydrogen-bond donors (Lipinski definition) is 2. The minimum atomic E-state index is -0.173. The van der Waals surface area contributed by atoms with Crippen LogP contribution in [0.3, 0.4) is 0 Å². The summed E-state index contributed by atoms with van der Waals surface area (Å²) in [6, 6.07) is 8.71. The maximum atomic E-state index is 13.1. The van der Waals surface area contributed by atoms with E-state index >= 15 is 0 Å². The van der Waals surface area contributed by atoms with Crippen molar-refractivity contribution in [2.24, 2.45) is 5.92 Å². The van der Waals surface area contributed by atoms with Gasteiger partial charge in [0, 0.05) is 37.7 Å². The summed E-state index contributed by atoms with van der Waals surface area (Å²) in [4.78, 5) is 17.6. The lowest BCUT2D eigenvalue weighted by atomic mass is 9.95. The molecule has 4 rings (SSSR count). The Hall–Kier alpha value is -1.66. The Labute approximate surface area is 173 Å². The molecular formula is C22H32N4OS. The van der Waals surface area contributed by atoms with Gasteiger partial charge >= 0.3 is 0 Å². The molecule has 1 atom stereocenters. The highest BCUT2D eigenvalue weighted by Crippen LogP contribution is 2.41. The number of thiocarbonyl (C=S) groups is 1. The Morgan fingerprint density at radius 2 is 2.04 bits per heavy atom. The van der Waals surface area contributed by atoms with Gasteiger partial charge < -0.3 is 15.1 Å². The highest BCUT2D eigenvalue weighted by Gasteiger charge is 2.55. The van der Waals surface area contributed by atoms with Gasteiger partial charge in [-0.3, -0.25) is 10.1 Å². The topological polar surface area (TPSA) is 47.6 Å². The molecular weight excluding hydrogens is 368 g/mol. The third kappa shape index (κ3) is 3.90. The zero-order valence-electron chi connectivity index (χ0n) is 17.2. The first-order valence-corrected chi connectivity index (χ1v) is 11.0. The number of benzene rings is 1. The largest absolute Gasteiger partial charge is 0.349 e. The van der Waals surface area contributed by atoms with Gasteiger partial charge in [-0.05, 0) is 62.0 Å². The van der Waals surface area contributed by atoms with Gasteiger partial charge in [0.2, 0.25) is 5.91 Å². The van der Waals surface area contributed by atoms with Crippen LogP contribution in [-0.4, -0.2) is 51.7 Å². The van der Waals surface area contributed by atoms with Gasteiger partial charge in [0.1, 0.15) is 0 Å². The van der Waals surface area contributed by atoms with Gasteiger partial charge in [0.25, 0.3) is 0 Å². The van der Waals surface area contributed by atoms with E-state index in [9.17, 15) is 4.79 Å². The van der Waals surface area contributed by atoms with Crippen molar-refractivity contribution in [3.05, 3.63) is 29.8 Å². The quantitative estimate of drug-likeness (QED) is 0.758. The standard InChI is InChI=1S/C22H32N4OS/c1-15(2)13-19-20(27)26(18-7-8-18)22(24-19)9-11-25(12-10-22)21(28)23-17-6-4-5-16(3)14-17/h4-6,14-15,18-19,24H,7-13H2,1-3H3,(H,23,28). The van der Waals surface area contributed by atoms with Gasteiger partial charge in [-0.15, -0.1) is 0 Å². The number of piperidine rings is 1. The zero-order valence-corrected chi connectivity index (χ0v) is 18.0. The molecule has 0 bridgehead atoms. The third-order valence-electron chi connectivity index (χ3n) is 6.21. The van der Waals surface area contributed by atoms with Crippen LogP contribution in [0.25, 0.3) is 0 Å². The molecule has 1 unspecified atom stereocenters. The molecule has 2 N–H and O–H groups in total. The summed E-state index contributed by atoms with van der Waals surface area (Å²) in [7, 11) is 0. The Bertz CT molecular complexity index is 753. The molecule has 5 nitrogen and oxygen atoms in total.